The Labute approximate surface area is 83.9 Å². The molecule has 1 heteroatoms. The number of alkyl halides is 1. The molecule has 0 aliphatic carbocycles. The zero-order valence-electron chi connectivity index (χ0n) is 7.49. The molecule has 0 nitrogen and oxygen atoms in total. The van der Waals surface area contributed by atoms with Crippen molar-refractivity contribution in [2.24, 2.45) is 5.92 Å². The average molecular weight is 264 g/mol. The summed E-state index contributed by atoms with van der Waals surface area (Å²) in [4.78, 5) is 0. The van der Waals surface area contributed by atoms with E-state index < -0.39 is 0 Å². The molecule has 0 spiro atoms. The second-order valence-corrected chi connectivity index (χ2v) is 4.07. The molecular formula is C10H17I. The Hall–Kier alpha value is 0.210. The summed E-state index contributed by atoms with van der Waals surface area (Å²) < 4.78 is 1.18. The first-order chi connectivity index (χ1) is 5.07. The van der Waals surface area contributed by atoms with E-state index in [9.17, 15) is 0 Å². The Balaban J connectivity index is 3.70. The van der Waals surface area contributed by atoms with Crippen molar-refractivity contribution in [2.45, 2.75) is 26.7 Å². The molecule has 0 aromatic carbocycles. The van der Waals surface area contributed by atoms with Crippen LogP contribution < -0.4 is 0 Å². The van der Waals surface area contributed by atoms with Crippen LogP contribution in [-0.2, 0) is 0 Å². The van der Waals surface area contributed by atoms with Crippen LogP contribution in [-0.4, -0.2) is 4.43 Å². The summed E-state index contributed by atoms with van der Waals surface area (Å²) in [5.74, 6) is 0.687. The summed E-state index contributed by atoms with van der Waals surface area (Å²) in [5, 5.41) is 0. The normalized spacial score (nSPS) is 12.6. The molecule has 1 atom stereocenters. The zero-order chi connectivity index (χ0) is 8.85. The first-order valence-electron chi connectivity index (χ1n) is 3.93. The monoisotopic (exact) mass is 264 g/mol. The molecule has 0 aromatic heterocycles. The van der Waals surface area contributed by atoms with Crippen LogP contribution in [0.1, 0.15) is 26.7 Å². The molecule has 64 valence electrons. The molecule has 0 amide bonds. The van der Waals surface area contributed by atoms with E-state index in [1.54, 1.807) is 0 Å². The summed E-state index contributed by atoms with van der Waals surface area (Å²) in [6, 6.07) is 0. The van der Waals surface area contributed by atoms with Crippen LogP contribution >= 0.6 is 22.6 Å². The van der Waals surface area contributed by atoms with Crippen molar-refractivity contribution in [3.8, 4) is 0 Å². The fourth-order valence-corrected chi connectivity index (χ4v) is 2.07. The van der Waals surface area contributed by atoms with Crippen molar-refractivity contribution in [1.29, 1.82) is 0 Å². The average Bonchev–Trinajstić information content (AvgIpc) is 1.87. The highest BCUT2D eigenvalue weighted by atomic mass is 127. The van der Waals surface area contributed by atoms with Crippen LogP contribution in [0.2, 0.25) is 0 Å². The molecule has 0 aliphatic rings. The summed E-state index contributed by atoms with van der Waals surface area (Å²) >= 11 is 2.42. The molecule has 11 heavy (non-hydrogen) atoms. The van der Waals surface area contributed by atoms with Gasteiger partial charge < -0.3 is 0 Å². The van der Waals surface area contributed by atoms with Gasteiger partial charge in [-0.3, -0.25) is 0 Å². The van der Waals surface area contributed by atoms with E-state index >= 15 is 0 Å². The van der Waals surface area contributed by atoms with E-state index in [0.717, 1.165) is 6.42 Å². The molecule has 0 aromatic rings. The molecule has 0 N–H and O–H groups in total. The first-order valence-corrected chi connectivity index (χ1v) is 5.46. The topological polar surface area (TPSA) is 0 Å². The molecule has 0 saturated carbocycles. The van der Waals surface area contributed by atoms with E-state index in [2.05, 4.69) is 49.6 Å². The zero-order valence-corrected chi connectivity index (χ0v) is 9.65. The molecule has 0 aliphatic heterocycles. The number of hydrogen-bond donors (Lipinski definition) is 0. The minimum atomic E-state index is 0.687. The maximum Gasteiger partial charge on any atom is 0.00609 e. The van der Waals surface area contributed by atoms with E-state index in [-0.39, 0.29) is 0 Å². The predicted octanol–water partition coefficient (Wildman–Crippen LogP) is 3.97. The fraction of sp³-hybridized carbons (Fsp3) is 0.600. The minimum Gasteiger partial charge on any atom is -0.100 e. The summed E-state index contributed by atoms with van der Waals surface area (Å²) in [5.41, 5.74) is 2.58. The second-order valence-electron chi connectivity index (χ2n) is 3.19. The van der Waals surface area contributed by atoms with Gasteiger partial charge in [0, 0.05) is 4.43 Å². The number of allylic oxidation sites excluding steroid dienone is 2. The molecule has 0 unspecified atom stereocenters. The van der Waals surface area contributed by atoms with E-state index in [4.69, 9.17) is 0 Å². The van der Waals surface area contributed by atoms with Crippen LogP contribution in [0, 0.1) is 5.92 Å². The summed E-state index contributed by atoms with van der Waals surface area (Å²) in [7, 11) is 0. The highest BCUT2D eigenvalue weighted by molar-refractivity contribution is 14.1. The SMILES string of the molecule is C=C(C)CC[C@H](CI)C(=C)C. The lowest BCUT2D eigenvalue weighted by atomic mass is 9.97. The van der Waals surface area contributed by atoms with Gasteiger partial charge in [0.2, 0.25) is 0 Å². The van der Waals surface area contributed by atoms with Crippen LogP contribution in [0.25, 0.3) is 0 Å². The molecule has 0 radical (unpaired) electrons. The Morgan fingerprint density at radius 1 is 1.36 bits per heavy atom. The summed E-state index contributed by atoms with van der Waals surface area (Å²) in [6.45, 7) is 12.1. The third-order valence-corrected chi connectivity index (χ3v) is 2.87. The largest absolute Gasteiger partial charge is 0.100 e. The van der Waals surface area contributed by atoms with Crippen molar-refractivity contribution in [2.75, 3.05) is 4.43 Å². The number of hydrogen-bond acceptors (Lipinski definition) is 0. The Morgan fingerprint density at radius 2 is 1.91 bits per heavy atom. The van der Waals surface area contributed by atoms with Crippen LogP contribution in [0.3, 0.4) is 0 Å². The van der Waals surface area contributed by atoms with Gasteiger partial charge >= 0.3 is 0 Å². The van der Waals surface area contributed by atoms with Crippen LogP contribution in [0.5, 0.6) is 0 Å². The van der Waals surface area contributed by atoms with Crippen molar-refractivity contribution in [1.82, 2.24) is 0 Å². The standard InChI is InChI=1S/C10H17I/c1-8(2)5-6-10(7-11)9(3)4/h10H,1,3,5-7H2,2,4H3/t10-/m1/s1. The Bertz CT molecular complexity index is 147. The maximum atomic E-state index is 3.97. The van der Waals surface area contributed by atoms with Gasteiger partial charge in [-0.05, 0) is 32.6 Å². The highest BCUT2D eigenvalue weighted by Gasteiger charge is 2.06. The van der Waals surface area contributed by atoms with Gasteiger partial charge in [0.1, 0.15) is 0 Å². The third kappa shape index (κ3) is 5.48. The lowest BCUT2D eigenvalue weighted by molar-refractivity contribution is 0.630. The maximum absolute atomic E-state index is 3.97. The first kappa shape index (κ1) is 11.2. The van der Waals surface area contributed by atoms with Crippen molar-refractivity contribution in [3.05, 3.63) is 24.3 Å². The van der Waals surface area contributed by atoms with Gasteiger partial charge in [-0.2, -0.15) is 0 Å². The van der Waals surface area contributed by atoms with Crippen molar-refractivity contribution < 1.29 is 0 Å². The third-order valence-electron chi connectivity index (χ3n) is 1.80. The van der Waals surface area contributed by atoms with Crippen molar-refractivity contribution >= 4 is 22.6 Å². The van der Waals surface area contributed by atoms with Crippen LogP contribution in [0.15, 0.2) is 24.3 Å². The minimum absolute atomic E-state index is 0.687. The van der Waals surface area contributed by atoms with Gasteiger partial charge in [-0.25, -0.2) is 0 Å². The second kappa shape index (κ2) is 5.81. The number of halogens is 1. The van der Waals surface area contributed by atoms with Gasteiger partial charge in [0.15, 0.2) is 0 Å². The smallest absolute Gasteiger partial charge is 0.00609 e. The van der Waals surface area contributed by atoms with Crippen molar-refractivity contribution in [3.63, 3.8) is 0 Å². The molecule has 0 saturated heterocycles. The quantitative estimate of drug-likeness (QED) is 0.400. The van der Waals surface area contributed by atoms with Gasteiger partial charge in [-0.15, -0.1) is 6.58 Å². The predicted molar refractivity (Wildman–Crippen MR) is 61.2 cm³/mol. The Morgan fingerprint density at radius 3 is 2.18 bits per heavy atom. The Kier molecular flexibility index (Phi) is 5.92. The van der Waals surface area contributed by atoms with Gasteiger partial charge in [0.25, 0.3) is 0 Å². The molecule has 0 rings (SSSR count). The highest BCUT2D eigenvalue weighted by Crippen LogP contribution is 2.19. The molecule has 0 fully saturated rings. The van der Waals surface area contributed by atoms with Crippen LogP contribution in [0.4, 0.5) is 0 Å². The number of rotatable bonds is 5. The molecular weight excluding hydrogens is 247 g/mol. The van der Waals surface area contributed by atoms with E-state index in [1.807, 2.05) is 0 Å². The fourth-order valence-electron chi connectivity index (χ4n) is 0.876. The van der Waals surface area contributed by atoms with Gasteiger partial charge in [-0.1, -0.05) is 40.3 Å². The van der Waals surface area contributed by atoms with Gasteiger partial charge in [0.05, 0.1) is 0 Å². The lowest BCUT2D eigenvalue weighted by Crippen LogP contribution is -2.02. The van der Waals surface area contributed by atoms with E-state index in [0.29, 0.717) is 5.92 Å². The summed E-state index contributed by atoms with van der Waals surface area (Å²) in [6.07, 6.45) is 2.36. The van der Waals surface area contributed by atoms with E-state index in [1.165, 1.54) is 22.0 Å². The lowest BCUT2D eigenvalue weighted by Gasteiger charge is -2.12. The molecule has 0 bridgehead atoms. The molecule has 0 heterocycles.